The third-order valence-electron chi connectivity index (χ3n) is 4.20. The fraction of sp³-hybridized carbons (Fsp3) is 0.286. The zero-order chi connectivity index (χ0) is 19.4. The fourth-order valence-electron chi connectivity index (χ4n) is 2.78. The molecule has 2 aromatic rings. The number of ether oxygens (including phenoxy) is 1. The number of thioether (sulfide) groups is 1. The van der Waals surface area contributed by atoms with Crippen molar-refractivity contribution < 1.29 is 14.3 Å². The predicted octanol–water partition coefficient (Wildman–Crippen LogP) is 4.63. The van der Waals surface area contributed by atoms with Crippen LogP contribution in [0.5, 0.6) is 5.75 Å². The van der Waals surface area contributed by atoms with Crippen LogP contribution in [0.15, 0.2) is 47.5 Å². The highest BCUT2D eigenvalue weighted by Gasteiger charge is 2.34. The van der Waals surface area contributed by atoms with Gasteiger partial charge < -0.3 is 4.74 Å². The van der Waals surface area contributed by atoms with Crippen molar-refractivity contribution in [3.63, 3.8) is 0 Å². The molecule has 0 spiro atoms. The monoisotopic (exact) mass is 382 g/mol. The lowest BCUT2D eigenvalue weighted by atomic mass is 10.0. The Morgan fingerprint density at radius 1 is 1.22 bits per heavy atom. The van der Waals surface area contributed by atoms with Gasteiger partial charge in [-0.1, -0.05) is 32.0 Å². The standard InChI is InChI=1S/C21H22N2O3S/c1-14(2)17-8-7-15(3)12-18(17)26-11-10-23-20(24)19(27-21(23)25)13-16-6-4-5-9-22-16/h4-9,12-14H,10-11H2,1-3H3/b19-13-. The second-order valence-electron chi connectivity index (χ2n) is 6.63. The molecule has 0 N–H and O–H groups in total. The Morgan fingerprint density at radius 3 is 2.74 bits per heavy atom. The quantitative estimate of drug-likeness (QED) is 0.682. The van der Waals surface area contributed by atoms with Crippen LogP contribution >= 0.6 is 11.8 Å². The number of aromatic nitrogens is 1. The van der Waals surface area contributed by atoms with E-state index in [0.717, 1.165) is 28.6 Å². The Kier molecular flexibility index (Phi) is 5.96. The Hall–Kier alpha value is -2.60. The molecule has 0 aliphatic carbocycles. The highest BCUT2D eigenvalue weighted by Crippen LogP contribution is 2.32. The molecule has 0 saturated carbocycles. The third-order valence-corrected chi connectivity index (χ3v) is 5.11. The van der Waals surface area contributed by atoms with Crippen LogP contribution in [0.1, 0.15) is 36.6 Å². The van der Waals surface area contributed by atoms with Gasteiger partial charge in [0.2, 0.25) is 0 Å². The summed E-state index contributed by atoms with van der Waals surface area (Å²) in [6, 6.07) is 11.5. The van der Waals surface area contributed by atoms with Crippen molar-refractivity contribution in [3.8, 4) is 5.75 Å². The number of hydrogen-bond acceptors (Lipinski definition) is 5. The van der Waals surface area contributed by atoms with Crippen molar-refractivity contribution in [1.82, 2.24) is 9.88 Å². The van der Waals surface area contributed by atoms with Crippen molar-refractivity contribution in [2.75, 3.05) is 13.2 Å². The van der Waals surface area contributed by atoms with Crippen LogP contribution in [0.2, 0.25) is 0 Å². The summed E-state index contributed by atoms with van der Waals surface area (Å²) in [5.74, 6) is 0.840. The van der Waals surface area contributed by atoms with Gasteiger partial charge in [0.05, 0.1) is 17.1 Å². The average Bonchev–Trinajstić information content (AvgIpc) is 2.90. The number of carbonyl (C=O) groups is 2. The van der Waals surface area contributed by atoms with E-state index in [2.05, 4.69) is 31.0 Å². The van der Waals surface area contributed by atoms with Crippen LogP contribution in [0.25, 0.3) is 6.08 Å². The zero-order valence-electron chi connectivity index (χ0n) is 15.6. The van der Waals surface area contributed by atoms with E-state index in [1.165, 1.54) is 4.90 Å². The summed E-state index contributed by atoms with van der Waals surface area (Å²) in [4.78, 5) is 30.5. The summed E-state index contributed by atoms with van der Waals surface area (Å²) in [5.41, 5.74) is 2.88. The number of hydrogen-bond donors (Lipinski definition) is 0. The predicted molar refractivity (Wildman–Crippen MR) is 108 cm³/mol. The summed E-state index contributed by atoms with van der Waals surface area (Å²) >= 11 is 0.936. The molecular formula is C21H22N2O3S. The Bertz CT molecular complexity index is 878. The highest BCUT2D eigenvalue weighted by atomic mass is 32.2. The molecule has 140 valence electrons. The summed E-state index contributed by atoms with van der Waals surface area (Å²) in [7, 11) is 0. The first-order valence-corrected chi connectivity index (χ1v) is 9.67. The SMILES string of the molecule is Cc1ccc(C(C)C)c(OCCN2C(=O)S/C(=C\c3ccccn3)C2=O)c1. The number of pyridine rings is 1. The Morgan fingerprint density at radius 2 is 2.04 bits per heavy atom. The van der Waals surface area contributed by atoms with Crippen LogP contribution in [-0.2, 0) is 4.79 Å². The van der Waals surface area contributed by atoms with Crippen LogP contribution in [-0.4, -0.2) is 34.2 Å². The first-order valence-electron chi connectivity index (χ1n) is 8.85. The van der Waals surface area contributed by atoms with E-state index < -0.39 is 0 Å². The molecule has 2 amide bonds. The van der Waals surface area contributed by atoms with Crippen LogP contribution in [0.4, 0.5) is 4.79 Å². The lowest BCUT2D eigenvalue weighted by molar-refractivity contribution is -0.123. The first-order chi connectivity index (χ1) is 13.0. The molecule has 0 unspecified atom stereocenters. The van der Waals surface area contributed by atoms with Crippen LogP contribution < -0.4 is 4.74 Å². The smallest absolute Gasteiger partial charge is 0.293 e. The van der Waals surface area contributed by atoms with Crippen molar-refractivity contribution in [2.24, 2.45) is 0 Å². The number of rotatable bonds is 6. The lowest BCUT2D eigenvalue weighted by Gasteiger charge is -2.17. The van der Waals surface area contributed by atoms with E-state index in [9.17, 15) is 9.59 Å². The normalized spacial score (nSPS) is 15.9. The third kappa shape index (κ3) is 4.57. The molecule has 1 aliphatic rings. The number of amides is 2. The molecule has 1 aromatic heterocycles. The van der Waals surface area contributed by atoms with Crippen LogP contribution in [0.3, 0.4) is 0 Å². The van der Waals surface area contributed by atoms with E-state index in [4.69, 9.17) is 4.74 Å². The van der Waals surface area contributed by atoms with Crippen molar-refractivity contribution in [3.05, 3.63) is 64.3 Å². The summed E-state index contributed by atoms with van der Waals surface area (Å²) in [6.07, 6.45) is 3.29. The minimum absolute atomic E-state index is 0.218. The summed E-state index contributed by atoms with van der Waals surface area (Å²) in [6.45, 7) is 6.70. The second kappa shape index (κ2) is 8.39. The average molecular weight is 382 g/mol. The number of nitrogens with zero attached hydrogens (tertiary/aromatic N) is 2. The zero-order valence-corrected chi connectivity index (χ0v) is 16.5. The van der Waals surface area contributed by atoms with E-state index >= 15 is 0 Å². The topological polar surface area (TPSA) is 59.5 Å². The van der Waals surface area contributed by atoms with Gasteiger partial charge >= 0.3 is 0 Å². The van der Waals surface area contributed by atoms with Gasteiger partial charge in [-0.3, -0.25) is 19.5 Å². The molecule has 2 heterocycles. The molecule has 3 rings (SSSR count). The van der Waals surface area contributed by atoms with Crippen molar-refractivity contribution in [1.29, 1.82) is 0 Å². The Labute approximate surface area is 163 Å². The molecule has 1 aromatic carbocycles. The van der Waals surface area contributed by atoms with Gasteiger partial charge in [0.25, 0.3) is 11.1 Å². The molecular weight excluding hydrogens is 360 g/mol. The molecule has 27 heavy (non-hydrogen) atoms. The number of carbonyl (C=O) groups excluding carboxylic acids is 2. The van der Waals surface area contributed by atoms with Gasteiger partial charge in [0.1, 0.15) is 12.4 Å². The molecule has 1 fully saturated rings. The maximum atomic E-state index is 12.5. The van der Waals surface area contributed by atoms with E-state index in [1.54, 1.807) is 24.4 Å². The van der Waals surface area contributed by atoms with E-state index in [0.29, 0.717) is 16.5 Å². The summed E-state index contributed by atoms with van der Waals surface area (Å²) in [5, 5.41) is -0.279. The van der Waals surface area contributed by atoms with Gasteiger partial charge in [0.15, 0.2) is 0 Å². The van der Waals surface area contributed by atoms with E-state index in [1.807, 2.05) is 19.1 Å². The maximum absolute atomic E-state index is 12.5. The van der Waals surface area contributed by atoms with E-state index in [-0.39, 0.29) is 24.3 Å². The molecule has 1 aliphatic heterocycles. The minimum Gasteiger partial charge on any atom is -0.491 e. The van der Waals surface area contributed by atoms with Crippen molar-refractivity contribution in [2.45, 2.75) is 26.7 Å². The van der Waals surface area contributed by atoms with Gasteiger partial charge in [-0.2, -0.15) is 0 Å². The van der Waals surface area contributed by atoms with Gasteiger partial charge in [-0.05, 0) is 60.0 Å². The molecule has 0 radical (unpaired) electrons. The lowest BCUT2D eigenvalue weighted by Crippen LogP contribution is -2.32. The van der Waals surface area contributed by atoms with Crippen LogP contribution in [0, 0.1) is 6.92 Å². The molecule has 0 atom stereocenters. The highest BCUT2D eigenvalue weighted by molar-refractivity contribution is 8.18. The number of aryl methyl sites for hydroxylation is 1. The number of imide groups is 1. The summed E-state index contributed by atoms with van der Waals surface area (Å²) < 4.78 is 5.90. The molecule has 5 nitrogen and oxygen atoms in total. The molecule has 0 bridgehead atoms. The minimum atomic E-state index is -0.299. The largest absolute Gasteiger partial charge is 0.491 e. The fourth-order valence-corrected chi connectivity index (χ4v) is 3.63. The van der Waals surface area contributed by atoms with Gasteiger partial charge in [0, 0.05) is 6.20 Å². The van der Waals surface area contributed by atoms with Crippen molar-refractivity contribution >= 4 is 29.0 Å². The molecule has 1 saturated heterocycles. The molecule has 6 heteroatoms. The second-order valence-corrected chi connectivity index (χ2v) is 7.63. The first kappa shape index (κ1) is 19.2. The van der Waals surface area contributed by atoms with Gasteiger partial charge in [-0.15, -0.1) is 0 Å². The van der Waals surface area contributed by atoms with Gasteiger partial charge in [-0.25, -0.2) is 0 Å². The maximum Gasteiger partial charge on any atom is 0.293 e. The Balaban J connectivity index is 1.65. The number of benzene rings is 1.